The van der Waals surface area contributed by atoms with Crippen LogP contribution >= 0.6 is 11.6 Å². The van der Waals surface area contributed by atoms with Gasteiger partial charge in [-0.3, -0.25) is 0 Å². The molecular formula is C18H20ClN. The summed E-state index contributed by atoms with van der Waals surface area (Å²) in [6.45, 7) is 2.93. The van der Waals surface area contributed by atoms with Gasteiger partial charge < -0.3 is 5.32 Å². The van der Waals surface area contributed by atoms with Gasteiger partial charge in [0.25, 0.3) is 0 Å². The average Bonchev–Trinajstić information content (AvgIpc) is 2.48. The molecule has 0 aliphatic heterocycles. The van der Waals surface area contributed by atoms with E-state index in [0.29, 0.717) is 6.04 Å². The third-order valence-corrected chi connectivity index (χ3v) is 4.59. The van der Waals surface area contributed by atoms with Gasteiger partial charge in [0.15, 0.2) is 0 Å². The molecule has 0 aromatic heterocycles. The Bertz CT molecular complexity index is 606. The van der Waals surface area contributed by atoms with Crippen molar-refractivity contribution in [1.82, 2.24) is 5.32 Å². The van der Waals surface area contributed by atoms with Crippen molar-refractivity contribution < 1.29 is 0 Å². The SMILES string of the molecule is Cc1ccc(CNC2CCc3ccccc3C2)cc1Cl. The minimum Gasteiger partial charge on any atom is -0.310 e. The zero-order chi connectivity index (χ0) is 13.9. The Morgan fingerprint density at radius 2 is 1.95 bits per heavy atom. The molecule has 0 saturated carbocycles. The molecular weight excluding hydrogens is 266 g/mol. The van der Waals surface area contributed by atoms with E-state index in [2.05, 4.69) is 47.8 Å². The van der Waals surface area contributed by atoms with E-state index in [0.717, 1.165) is 23.6 Å². The minimum atomic E-state index is 0.574. The summed E-state index contributed by atoms with van der Waals surface area (Å²) in [5.41, 5.74) is 5.42. The Labute approximate surface area is 126 Å². The van der Waals surface area contributed by atoms with E-state index in [1.807, 2.05) is 6.92 Å². The summed E-state index contributed by atoms with van der Waals surface area (Å²) in [6, 6.07) is 15.7. The number of nitrogens with one attached hydrogen (secondary N) is 1. The standard InChI is InChI=1S/C18H20ClN/c1-13-6-7-14(10-18(13)19)12-20-17-9-8-15-4-2-3-5-16(15)11-17/h2-7,10,17,20H,8-9,11-12H2,1H3. The third-order valence-electron chi connectivity index (χ3n) is 4.18. The van der Waals surface area contributed by atoms with E-state index in [1.54, 1.807) is 0 Å². The normalized spacial score (nSPS) is 17.8. The van der Waals surface area contributed by atoms with Crippen LogP contribution in [0.1, 0.15) is 28.7 Å². The molecule has 0 amide bonds. The van der Waals surface area contributed by atoms with Gasteiger partial charge in [-0.25, -0.2) is 0 Å². The Morgan fingerprint density at radius 1 is 1.15 bits per heavy atom. The van der Waals surface area contributed by atoms with Crippen LogP contribution in [0, 0.1) is 6.92 Å². The number of hydrogen-bond acceptors (Lipinski definition) is 1. The van der Waals surface area contributed by atoms with Crippen LogP contribution in [0.2, 0.25) is 5.02 Å². The highest BCUT2D eigenvalue weighted by Gasteiger charge is 2.17. The van der Waals surface area contributed by atoms with E-state index in [4.69, 9.17) is 11.6 Å². The van der Waals surface area contributed by atoms with Crippen LogP contribution in [0.4, 0.5) is 0 Å². The highest BCUT2D eigenvalue weighted by Crippen LogP contribution is 2.22. The van der Waals surface area contributed by atoms with Crippen molar-refractivity contribution >= 4 is 11.6 Å². The molecule has 1 unspecified atom stereocenters. The molecule has 0 radical (unpaired) electrons. The monoisotopic (exact) mass is 285 g/mol. The summed E-state index contributed by atoms with van der Waals surface area (Å²) in [6.07, 6.45) is 3.54. The Morgan fingerprint density at radius 3 is 2.75 bits per heavy atom. The van der Waals surface area contributed by atoms with Crippen LogP contribution in [-0.4, -0.2) is 6.04 Å². The number of hydrogen-bond donors (Lipinski definition) is 1. The van der Waals surface area contributed by atoms with Crippen LogP contribution in [0.3, 0.4) is 0 Å². The second-order valence-electron chi connectivity index (χ2n) is 5.67. The van der Waals surface area contributed by atoms with Gasteiger partial charge in [0, 0.05) is 17.6 Å². The lowest BCUT2D eigenvalue weighted by Crippen LogP contribution is -2.34. The molecule has 2 aromatic rings. The zero-order valence-corrected chi connectivity index (χ0v) is 12.6. The molecule has 20 heavy (non-hydrogen) atoms. The maximum absolute atomic E-state index is 6.17. The first-order valence-corrected chi connectivity index (χ1v) is 7.65. The van der Waals surface area contributed by atoms with E-state index in [9.17, 15) is 0 Å². The summed E-state index contributed by atoms with van der Waals surface area (Å²) >= 11 is 6.17. The first kappa shape index (κ1) is 13.7. The lowest BCUT2D eigenvalue weighted by atomic mass is 9.88. The lowest BCUT2D eigenvalue weighted by Gasteiger charge is -2.25. The predicted octanol–water partition coefficient (Wildman–Crippen LogP) is 4.30. The lowest BCUT2D eigenvalue weighted by molar-refractivity contribution is 0.457. The van der Waals surface area contributed by atoms with Gasteiger partial charge >= 0.3 is 0 Å². The Kier molecular flexibility index (Phi) is 4.09. The minimum absolute atomic E-state index is 0.574. The van der Waals surface area contributed by atoms with Gasteiger partial charge in [0.1, 0.15) is 0 Å². The second kappa shape index (κ2) is 5.99. The maximum Gasteiger partial charge on any atom is 0.0438 e. The molecule has 0 heterocycles. The van der Waals surface area contributed by atoms with Gasteiger partial charge in [-0.15, -0.1) is 0 Å². The van der Waals surface area contributed by atoms with Crippen molar-refractivity contribution in [3.8, 4) is 0 Å². The fraction of sp³-hybridized carbons (Fsp3) is 0.333. The number of benzene rings is 2. The topological polar surface area (TPSA) is 12.0 Å². The molecule has 0 fully saturated rings. The zero-order valence-electron chi connectivity index (χ0n) is 11.8. The highest BCUT2D eigenvalue weighted by atomic mass is 35.5. The number of rotatable bonds is 3. The van der Waals surface area contributed by atoms with Gasteiger partial charge in [-0.1, -0.05) is 48.0 Å². The van der Waals surface area contributed by atoms with E-state index in [-0.39, 0.29) is 0 Å². The summed E-state index contributed by atoms with van der Waals surface area (Å²) in [5.74, 6) is 0. The highest BCUT2D eigenvalue weighted by molar-refractivity contribution is 6.31. The molecule has 1 aliphatic carbocycles. The van der Waals surface area contributed by atoms with Crippen molar-refractivity contribution in [1.29, 1.82) is 0 Å². The van der Waals surface area contributed by atoms with Crippen molar-refractivity contribution in [3.05, 3.63) is 69.7 Å². The second-order valence-corrected chi connectivity index (χ2v) is 6.08. The number of halogens is 1. The van der Waals surface area contributed by atoms with Gasteiger partial charge in [-0.2, -0.15) is 0 Å². The molecule has 3 rings (SSSR count). The van der Waals surface area contributed by atoms with Crippen LogP contribution in [0.25, 0.3) is 0 Å². The number of fused-ring (bicyclic) bond motifs is 1. The molecule has 1 N–H and O–H groups in total. The third kappa shape index (κ3) is 3.05. The first-order valence-electron chi connectivity index (χ1n) is 7.27. The van der Waals surface area contributed by atoms with E-state index < -0.39 is 0 Å². The van der Waals surface area contributed by atoms with Crippen LogP contribution in [0.5, 0.6) is 0 Å². The average molecular weight is 286 g/mol. The predicted molar refractivity (Wildman–Crippen MR) is 85.3 cm³/mol. The van der Waals surface area contributed by atoms with Crippen molar-refractivity contribution in [2.24, 2.45) is 0 Å². The summed E-state index contributed by atoms with van der Waals surface area (Å²) in [4.78, 5) is 0. The summed E-state index contributed by atoms with van der Waals surface area (Å²) in [5, 5.41) is 4.53. The molecule has 2 heteroatoms. The molecule has 0 spiro atoms. The maximum atomic E-state index is 6.17. The van der Waals surface area contributed by atoms with E-state index >= 15 is 0 Å². The molecule has 1 nitrogen and oxygen atoms in total. The van der Waals surface area contributed by atoms with E-state index in [1.165, 1.54) is 29.5 Å². The van der Waals surface area contributed by atoms with Crippen molar-refractivity contribution in [3.63, 3.8) is 0 Å². The fourth-order valence-corrected chi connectivity index (χ4v) is 3.08. The Hall–Kier alpha value is -1.31. The Balaban J connectivity index is 1.61. The largest absolute Gasteiger partial charge is 0.310 e. The molecule has 0 bridgehead atoms. The first-order chi connectivity index (χ1) is 9.72. The van der Waals surface area contributed by atoms with Crippen LogP contribution in [-0.2, 0) is 19.4 Å². The molecule has 2 aromatic carbocycles. The quantitative estimate of drug-likeness (QED) is 0.887. The molecule has 104 valence electrons. The number of aryl methyl sites for hydroxylation is 2. The van der Waals surface area contributed by atoms with Crippen LogP contribution in [0.15, 0.2) is 42.5 Å². The van der Waals surface area contributed by atoms with Crippen molar-refractivity contribution in [2.45, 2.75) is 38.8 Å². The van der Waals surface area contributed by atoms with Gasteiger partial charge in [-0.05, 0) is 54.5 Å². The fourth-order valence-electron chi connectivity index (χ4n) is 2.88. The van der Waals surface area contributed by atoms with Crippen LogP contribution < -0.4 is 5.32 Å². The van der Waals surface area contributed by atoms with Gasteiger partial charge in [0.2, 0.25) is 0 Å². The molecule has 1 atom stereocenters. The van der Waals surface area contributed by atoms with Crippen molar-refractivity contribution in [2.75, 3.05) is 0 Å². The smallest absolute Gasteiger partial charge is 0.0438 e. The molecule has 1 aliphatic rings. The van der Waals surface area contributed by atoms with Gasteiger partial charge in [0.05, 0.1) is 0 Å². The summed E-state index contributed by atoms with van der Waals surface area (Å²) in [7, 11) is 0. The summed E-state index contributed by atoms with van der Waals surface area (Å²) < 4.78 is 0. The molecule has 0 saturated heterocycles.